The maximum absolute atomic E-state index is 12.0. The lowest BCUT2D eigenvalue weighted by atomic mass is 10.2. The molecule has 0 aromatic carbocycles. The normalized spacial score (nSPS) is 14.2. The molecule has 0 spiro atoms. The predicted molar refractivity (Wildman–Crippen MR) is 77.8 cm³/mol. The molecule has 0 saturated heterocycles. The number of rotatable bonds is 5. The van der Waals surface area contributed by atoms with E-state index in [1.54, 1.807) is 18.5 Å². The number of nitrogens with zero attached hydrogens (tertiary/aromatic N) is 3. The van der Waals surface area contributed by atoms with Crippen LogP contribution in [-0.2, 0) is 6.54 Å². The van der Waals surface area contributed by atoms with E-state index in [4.69, 9.17) is 0 Å². The number of anilines is 1. The Kier molecular flexibility index (Phi) is 3.50. The molecule has 0 radical (unpaired) electrons. The molecule has 0 amide bonds. The Morgan fingerprint density at radius 2 is 2.30 bits per heavy atom. The first kappa shape index (κ1) is 12.8. The molecule has 104 valence electrons. The maximum Gasteiger partial charge on any atom is 0.269 e. The molecule has 2 heterocycles. The Hall–Kier alpha value is -2.17. The van der Waals surface area contributed by atoms with Crippen molar-refractivity contribution in [3.63, 3.8) is 0 Å². The fourth-order valence-corrected chi connectivity index (χ4v) is 2.06. The molecule has 5 nitrogen and oxygen atoms in total. The van der Waals surface area contributed by atoms with Crippen molar-refractivity contribution in [2.24, 2.45) is 5.92 Å². The summed E-state index contributed by atoms with van der Waals surface area (Å²) in [6.07, 6.45) is 6.02. The smallest absolute Gasteiger partial charge is 0.269 e. The van der Waals surface area contributed by atoms with Gasteiger partial charge in [0.2, 0.25) is 0 Å². The number of aryl methyl sites for hydroxylation is 1. The molecule has 1 aliphatic rings. The summed E-state index contributed by atoms with van der Waals surface area (Å²) in [7, 11) is 0. The summed E-state index contributed by atoms with van der Waals surface area (Å²) < 4.78 is 1.44. The van der Waals surface area contributed by atoms with Gasteiger partial charge < -0.3 is 5.32 Å². The van der Waals surface area contributed by atoms with E-state index < -0.39 is 0 Å². The average molecular weight is 270 g/mol. The summed E-state index contributed by atoms with van der Waals surface area (Å²) in [5.41, 5.74) is 2.64. The first-order chi connectivity index (χ1) is 9.72. The lowest BCUT2D eigenvalue weighted by Crippen LogP contribution is -2.24. The van der Waals surface area contributed by atoms with Crippen LogP contribution in [0.25, 0.3) is 0 Å². The molecule has 1 fully saturated rings. The van der Waals surface area contributed by atoms with Crippen molar-refractivity contribution in [1.29, 1.82) is 0 Å². The Balaban J connectivity index is 1.73. The summed E-state index contributed by atoms with van der Waals surface area (Å²) in [6.45, 7) is 3.33. The summed E-state index contributed by atoms with van der Waals surface area (Å²) >= 11 is 0. The molecule has 3 rings (SSSR count). The van der Waals surface area contributed by atoms with E-state index in [-0.39, 0.29) is 5.56 Å². The minimum Gasteiger partial charge on any atom is -0.383 e. The molecular weight excluding hydrogens is 252 g/mol. The van der Waals surface area contributed by atoms with Crippen molar-refractivity contribution in [3.05, 3.63) is 52.2 Å². The largest absolute Gasteiger partial charge is 0.383 e. The van der Waals surface area contributed by atoms with Gasteiger partial charge >= 0.3 is 0 Å². The van der Waals surface area contributed by atoms with Gasteiger partial charge in [-0.25, -0.2) is 4.68 Å². The molecule has 20 heavy (non-hydrogen) atoms. The van der Waals surface area contributed by atoms with Crippen LogP contribution in [0.4, 0.5) is 5.69 Å². The number of hydrogen-bond acceptors (Lipinski definition) is 4. The van der Waals surface area contributed by atoms with Gasteiger partial charge in [0.15, 0.2) is 0 Å². The number of nitrogens with one attached hydrogen (secondary N) is 1. The summed E-state index contributed by atoms with van der Waals surface area (Å²) in [5, 5.41) is 7.47. The summed E-state index contributed by atoms with van der Waals surface area (Å²) in [5.74, 6) is 0.772. The molecule has 0 aliphatic heterocycles. The lowest BCUT2D eigenvalue weighted by Gasteiger charge is -2.08. The fourth-order valence-electron chi connectivity index (χ4n) is 2.06. The first-order valence-electron chi connectivity index (χ1n) is 6.94. The zero-order valence-corrected chi connectivity index (χ0v) is 11.5. The summed E-state index contributed by atoms with van der Waals surface area (Å²) in [4.78, 5) is 16.3. The molecule has 5 heteroatoms. The topological polar surface area (TPSA) is 59.8 Å². The second kappa shape index (κ2) is 5.45. The lowest BCUT2D eigenvalue weighted by molar-refractivity contribution is 0.625. The molecular formula is C15H18N4O. The van der Waals surface area contributed by atoms with Crippen LogP contribution in [0.3, 0.4) is 0 Å². The van der Waals surface area contributed by atoms with Crippen LogP contribution in [0.5, 0.6) is 0 Å². The monoisotopic (exact) mass is 270 g/mol. The molecule has 2 aromatic rings. The quantitative estimate of drug-likeness (QED) is 0.900. The Morgan fingerprint density at radius 3 is 3.00 bits per heavy atom. The number of hydrogen-bond donors (Lipinski definition) is 1. The zero-order chi connectivity index (χ0) is 13.9. The Bertz CT molecular complexity index is 661. The Morgan fingerprint density at radius 1 is 1.45 bits per heavy atom. The highest BCUT2D eigenvalue weighted by atomic mass is 16.1. The highest BCUT2D eigenvalue weighted by molar-refractivity contribution is 5.39. The van der Waals surface area contributed by atoms with Crippen molar-refractivity contribution in [3.8, 4) is 0 Å². The van der Waals surface area contributed by atoms with Crippen LogP contribution in [-0.4, -0.2) is 21.3 Å². The van der Waals surface area contributed by atoms with Gasteiger partial charge in [-0.15, -0.1) is 0 Å². The van der Waals surface area contributed by atoms with Gasteiger partial charge in [-0.05, 0) is 37.3 Å². The van der Waals surface area contributed by atoms with Gasteiger partial charge in [-0.2, -0.15) is 5.10 Å². The van der Waals surface area contributed by atoms with Crippen LogP contribution >= 0.6 is 0 Å². The maximum atomic E-state index is 12.0. The van der Waals surface area contributed by atoms with Crippen molar-refractivity contribution in [1.82, 2.24) is 14.8 Å². The van der Waals surface area contributed by atoms with Crippen LogP contribution in [0.1, 0.15) is 24.1 Å². The Labute approximate surface area is 117 Å². The van der Waals surface area contributed by atoms with Crippen LogP contribution in [0.2, 0.25) is 0 Å². The van der Waals surface area contributed by atoms with Crippen molar-refractivity contribution in [2.75, 3.05) is 11.9 Å². The van der Waals surface area contributed by atoms with E-state index >= 15 is 0 Å². The van der Waals surface area contributed by atoms with Crippen molar-refractivity contribution < 1.29 is 0 Å². The number of aromatic nitrogens is 3. The highest BCUT2D eigenvalue weighted by Crippen LogP contribution is 2.28. The molecule has 1 aliphatic carbocycles. The number of pyridine rings is 1. The van der Waals surface area contributed by atoms with Gasteiger partial charge in [-0.1, -0.05) is 6.07 Å². The summed E-state index contributed by atoms with van der Waals surface area (Å²) in [6, 6.07) is 5.48. The van der Waals surface area contributed by atoms with E-state index in [1.807, 2.05) is 19.1 Å². The molecule has 2 aromatic heterocycles. The second-order valence-electron chi connectivity index (χ2n) is 5.33. The third-order valence-electron chi connectivity index (χ3n) is 3.58. The molecule has 0 atom stereocenters. The third-order valence-corrected chi connectivity index (χ3v) is 3.58. The molecule has 0 unspecified atom stereocenters. The fraction of sp³-hybridized carbons (Fsp3) is 0.400. The SMILES string of the molecule is Cc1cccnc1Cn1ncc(NCC2CC2)cc1=O. The van der Waals surface area contributed by atoms with Crippen molar-refractivity contribution in [2.45, 2.75) is 26.3 Å². The third kappa shape index (κ3) is 3.04. The van der Waals surface area contributed by atoms with Crippen molar-refractivity contribution >= 4 is 5.69 Å². The average Bonchev–Trinajstić information content (AvgIpc) is 3.26. The van der Waals surface area contributed by atoms with Crippen LogP contribution in [0.15, 0.2) is 35.4 Å². The minimum absolute atomic E-state index is 0.101. The zero-order valence-electron chi connectivity index (χ0n) is 11.5. The second-order valence-corrected chi connectivity index (χ2v) is 5.33. The molecule has 1 saturated carbocycles. The van der Waals surface area contributed by atoms with Gasteiger partial charge in [0.25, 0.3) is 5.56 Å². The minimum atomic E-state index is -0.101. The van der Waals surface area contributed by atoms with Crippen LogP contribution in [0, 0.1) is 12.8 Å². The predicted octanol–water partition coefficient (Wildman–Crippen LogP) is 1.82. The molecule has 1 N–H and O–H groups in total. The van der Waals surface area contributed by atoms with E-state index in [0.29, 0.717) is 6.54 Å². The van der Waals surface area contributed by atoms with Gasteiger partial charge in [0, 0.05) is 18.8 Å². The van der Waals surface area contributed by atoms with E-state index in [1.165, 1.54) is 17.5 Å². The van der Waals surface area contributed by atoms with E-state index in [2.05, 4.69) is 15.4 Å². The van der Waals surface area contributed by atoms with Gasteiger partial charge in [0.1, 0.15) is 0 Å². The standard InChI is InChI=1S/C15H18N4O/c1-11-3-2-6-16-14(11)10-19-15(20)7-13(9-18-19)17-8-12-4-5-12/h2-3,6-7,9,12,17H,4-5,8,10H2,1H3. The van der Waals surface area contributed by atoms with E-state index in [0.717, 1.165) is 29.4 Å². The van der Waals surface area contributed by atoms with E-state index in [9.17, 15) is 4.79 Å². The highest BCUT2D eigenvalue weighted by Gasteiger charge is 2.20. The van der Waals surface area contributed by atoms with Gasteiger partial charge in [-0.3, -0.25) is 9.78 Å². The molecule has 0 bridgehead atoms. The van der Waals surface area contributed by atoms with Crippen LogP contribution < -0.4 is 10.9 Å². The van der Waals surface area contributed by atoms with Gasteiger partial charge in [0.05, 0.1) is 24.1 Å². The first-order valence-corrected chi connectivity index (χ1v) is 6.94.